The second-order valence-corrected chi connectivity index (χ2v) is 10.1. The van der Waals surface area contributed by atoms with E-state index in [1.54, 1.807) is 18.2 Å². The Labute approximate surface area is 234 Å². The third-order valence-corrected chi connectivity index (χ3v) is 6.32. The fourth-order valence-corrected chi connectivity index (χ4v) is 4.14. The summed E-state index contributed by atoms with van der Waals surface area (Å²) in [7, 11) is 0. The van der Waals surface area contributed by atoms with E-state index < -0.39 is 35.4 Å². The van der Waals surface area contributed by atoms with Crippen molar-refractivity contribution in [1.29, 1.82) is 0 Å². The minimum Gasteiger partial charge on any atom is -0.510 e. The third-order valence-electron chi connectivity index (χ3n) is 6.32. The Morgan fingerprint density at radius 2 is 1.65 bits per heavy atom. The van der Waals surface area contributed by atoms with Crippen molar-refractivity contribution in [3.63, 3.8) is 0 Å². The number of aliphatic hydroxyl groups is 2. The molecule has 1 fully saturated rings. The molecular weight excluding hydrogens is 512 g/mol. The molecule has 212 valence electrons. The zero-order valence-electron chi connectivity index (χ0n) is 22.7. The van der Waals surface area contributed by atoms with Crippen LogP contribution in [0.2, 0.25) is 0 Å². The largest absolute Gasteiger partial charge is 0.510 e. The van der Waals surface area contributed by atoms with Crippen LogP contribution in [0.15, 0.2) is 96.1 Å². The van der Waals surface area contributed by atoms with Gasteiger partial charge in [-0.05, 0) is 30.9 Å². The molecule has 1 saturated heterocycles. The maximum Gasteiger partial charge on any atom is 0.248 e. The van der Waals surface area contributed by atoms with Crippen molar-refractivity contribution in [3.8, 4) is 0 Å². The van der Waals surface area contributed by atoms with E-state index in [1.165, 1.54) is 49.0 Å². The van der Waals surface area contributed by atoms with E-state index in [2.05, 4.69) is 30.6 Å². The topological polar surface area (TPSA) is 145 Å². The normalized spacial score (nSPS) is 25.1. The lowest BCUT2D eigenvalue weighted by Crippen LogP contribution is -2.42. The number of nitrogens with one attached hydrogen (secondary N) is 2. The van der Waals surface area contributed by atoms with Gasteiger partial charge in [0.05, 0.1) is 5.70 Å². The predicted molar refractivity (Wildman–Crippen MR) is 150 cm³/mol. The van der Waals surface area contributed by atoms with Crippen molar-refractivity contribution in [3.05, 3.63) is 96.1 Å². The van der Waals surface area contributed by atoms with E-state index in [4.69, 9.17) is 4.74 Å². The number of aliphatic hydroxyl groups excluding tert-OH is 1. The van der Waals surface area contributed by atoms with Crippen LogP contribution in [-0.4, -0.2) is 51.4 Å². The lowest BCUT2D eigenvalue weighted by atomic mass is 9.88. The van der Waals surface area contributed by atoms with E-state index in [9.17, 15) is 29.4 Å². The molecule has 40 heavy (non-hydrogen) atoms. The summed E-state index contributed by atoms with van der Waals surface area (Å²) in [6.07, 6.45) is 22.4. The van der Waals surface area contributed by atoms with E-state index in [1.807, 2.05) is 12.2 Å². The number of hydrogen-bond donors (Lipinski definition) is 4. The summed E-state index contributed by atoms with van der Waals surface area (Å²) in [5.41, 5.74) is -1.73. The van der Waals surface area contributed by atoms with Gasteiger partial charge >= 0.3 is 0 Å². The Morgan fingerprint density at radius 3 is 2.30 bits per heavy atom. The summed E-state index contributed by atoms with van der Waals surface area (Å²) in [6.45, 7) is 4.39. The minimum atomic E-state index is -1.61. The number of fused-ring (bicyclic) bond motifs is 1. The smallest absolute Gasteiger partial charge is 0.248 e. The number of unbranched alkanes of at least 4 members (excludes halogenated alkanes) is 1. The van der Waals surface area contributed by atoms with Crippen molar-refractivity contribution >= 4 is 23.4 Å². The van der Waals surface area contributed by atoms with Crippen LogP contribution < -0.4 is 10.6 Å². The highest BCUT2D eigenvalue weighted by Crippen LogP contribution is 2.40. The van der Waals surface area contributed by atoms with Crippen molar-refractivity contribution in [2.75, 3.05) is 0 Å². The van der Waals surface area contributed by atoms with Gasteiger partial charge in [0, 0.05) is 25.0 Å². The first-order valence-corrected chi connectivity index (χ1v) is 13.4. The number of amides is 2. The minimum absolute atomic E-state index is 0.0471. The molecule has 2 aliphatic carbocycles. The van der Waals surface area contributed by atoms with Gasteiger partial charge in [-0.2, -0.15) is 0 Å². The van der Waals surface area contributed by atoms with Crippen LogP contribution >= 0.6 is 0 Å². The summed E-state index contributed by atoms with van der Waals surface area (Å²) in [5, 5.41) is 25.5. The number of hydrogen-bond acceptors (Lipinski definition) is 7. The third kappa shape index (κ3) is 9.00. The first-order valence-electron chi connectivity index (χ1n) is 13.4. The van der Waals surface area contributed by atoms with Crippen molar-refractivity contribution in [2.24, 2.45) is 5.92 Å². The molecule has 1 aliphatic heterocycles. The fourth-order valence-electron chi connectivity index (χ4n) is 4.14. The maximum atomic E-state index is 12.5. The van der Waals surface area contributed by atoms with E-state index in [-0.39, 0.29) is 35.8 Å². The molecule has 0 bridgehead atoms. The van der Waals surface area contributed by atoms with Gasteiger partial charge in [0.25, 0.3) is 0 Å². The van der Waals surface area contributed by atoms with Gasteiger partial charge in [0.15, 0.2) is 11.9 Å². The highest BCUT2D eigenvalue weighted by atomic mass is 16.6. The molecule has 0 saturated carbocycles. The van der Waals surface area contributed by atoms with E-state index >= 15 is 0 Å². The maximum absolute atomic E-state index is 12.5. The highest BCUT2D eigenvalue weighted by Gasteiger charge is 2.59. The standard InChI is InChI=1S/C31H36N2O7/c1-21(2)14-10-6-4-3-5-7-11-15-25(36)32-22-20-31(39,30-29(40-30)28(22)38)19-13-9-8-12-16-26(37)33-27-23(34)17-18-24(27)35/h3-5,7-9,11-13,15-16,19-21,29-30,34,39H,6,10,14,17-18H2,1-2H3,(H,32,36)(H,33,37)/b4-3+,7-5+,9-8+,15-11+,16-12+,19-13+/t29-,30-,31+/m1/s1. The van der Waals surface area contributed by atoms with Crippen molar-refractivity contribution in [1.82, 2.24) is 10.6 Å². The van der Waals surface area contributed by atoms with Crippen LogP contribution in [0, 0.1) is 5.92 Å². The molecule has 0 aromatic carbocycles. The molecule has 0 spiro atoms. The van der Waals surface area contributed by atoms with Gasteiger partial charge < -0.3 is 25.6 Å². The number of rotatable bonds is 13. The Bertz CT molecular complexity index is 1250. The van der Waals surface area contributed by atoms with Crippen molar-refractivity contribution < 1.29 is 34.1 Å². The number of carbonyl (C=O) groups is 4. The number of carbonyl (C=O) groups excluding carboxylic acids is 4. The molecule has 4 N–H and O–H groups in total. The lowest BCUT2D eigenvalue weighted by molar-refractivity contribution is -0.121. The van der Waals surface area contributed by atoms with E-state index in [0.29, 0.717) is 5.92 Å². The van der Waals surface area contributed by atoms with Crippen LogP contribution in [-0.2, 0) is 23.9 Å². The number of allylic oxidation sites excluding steroid dienone is 11. The van der Waals surface area contributed by atoms with Gasteiger partial charge in [-0.15, -0.1) is 0 Å². The van der Waals surface area contributed by atoms with Crippen LogP contribution in [0.25, 0.3) is 0 Å². The molecule has 3 atom stereocenters. The SMILES string of the molecule is CC(C)CCC/C=C/C=C/C=C/C(=O)NC1=C[C@@](O)(/C=C/C=C/C=C/C(=O)NC2=C(O)CCC2=O)[C@@H]2O[C@@H]2C1=O. The van der Waals surface area contributed by atoms with Crippen LogP contribution in [0.5, 0.6) is 0 Å². The Hall–Kier alpha value is -4.08. The van der Waals surface area contributed by atoms with Crippen LogP contribution in [0.4, 0.5) is 0 Å². The molecule has 9 heteroatoms. The van der Waals surface area contributed by atoms with Crippen molar-refractivity contribution in [2.45, 2.75) is 63.8 Å². The molecule has 0 radical (unpaired) electrons. The summed E-state index contributed by atoms with van der Waals surface area (Å²) < 4.78 is 5.34. The van der Waals surface area contributed by atoms with Gasteiger partial charge in [-0.1, -0.05) is 75.0 Å². The summed E-state index contributed by atoms with van der Waals surface area (Å²) in [4.78, 5) is 48.3. The molecule has 0 unspecified atom stereocenters. The molecule has 0 aromatic heterocycles. The molecular formula is C31H36N2O7. The summed E-state index contributed by atoms with van der Waals surface area (Å²) in [5.74, 6) is -1.23. The molecule has 3 rings (SSSR count). The average molecular weight is 549 g/mol. The second-order valence-electron chi connectivity index (χ2n) is 10.1. The molecule has 1 heterocycles. The molecule has 3 aliphatic rings. The second kappa shape index (κ2) is 14.3. The first kappa shape index (κ1) is 30.5. The molecule has 2 amide bonds. The predicted octanol–water partition coefficient (Wildman–Crippen LogP) is 3.48. The highest BCUT2D eigenvalue weighted by molar-refractivity contribution is 6.06. The monoisotopic (exact) mass is 548 g/mol. The van der Waals surface area contributed by atoms with Gasteiger partial charge in [-0.25, -0.2) is 0 Å². The molecule has 9 nitrogen and oxygen atoms in total. The van der Waals surface area contributed by atoms with Crippen LogP contribution in [0.3, 0.4) is 0 Å². The number of epoxide rings is 1. The Balaban J connectivity index is 1.49. The first-order chi connectivity index (χ1) is 19.1. The zero-order valence-corrected chi connectivity index (χ0v) is 22.7. The average Bonchev–Trinajstić information content (AvgIpc) is 3.66. The quantitative estimate of drug-likeness (QED) is 0.119. The summed E-state index contributed by atoms with van der Waals surface area (Å²) in [6, 6.07) is 0. The van der Waals surface area contributed by atoms with Crippen LogP contribution in [0.1, 0.15) is 46.0 Å². The molecule has 0 aromatic rings. The number of Topliss-reactive ketones (excluding diaryl/α,β-unsaturated/α-hetero) is 2. The van der Waals surface area contributed by atoms with Gasteiger partial charge in [-0.3, -0.25) is 19.2 Å². The Kier molecular flexibility index (Phi) is 10.9. The fraction of sp³-hybridized carbons (Fsp3) is 0.355. The van der Waals surface area contributed by atoms with Gasteiger partial charge in [0.2, 0.25) is 17.6 Å². The lowest BCUT2D eigenvalue weighted by Gasteiger charge is -2.23. The number of ether oxygens (including phenoxy) is 1. The van der Waals surface area contributed by atoms with Gasteiger partial charge in [0.1, 0.15) is 23.2 Å². The zero-order chi connectivity index (χ0) is 29.1. The Morgan fingerprint density at radius 1 is 1.00 bits per heavy atom. The number of ketones is 2. The van der Waals surface area contributed by atoms with E-state index in [0.717, 1.165) is 12.8 Å². The summed E-state index contributed by atoms with van der Waals surface area (Å²) >= 11 is 0.